The number of aromatic nitrogens is 1. The molecule has 1 aliphatic heterocycles. The fourth-order valence-electron chi connectivity index (χ4n) is 5.32. The number of piperidine rings is 1. The molecule has 6 nitrogen and oxygen atoms in total. The van der Waals surface area contributed by atoms with Crippen molar-refractivity contribution < 1.29 is 19.7 Å². The number of aliphatic hydroxyl groups is 1. The fourth-order valence-corrected chi connectivity index (χ4v) is 6.56. The van der Waals surface area contributed by atoms with Gasteiger partial charge in [0, 0.05) is 27.1 Å². The number of methoxy groups -OCH3 is 1. The zero-order valence-corrected chi connectivity index (χ0v) is 23.9. The summed E-state index contributed by atoms with van der Waals surface area (Å²) in [5, 5.41) is 22.8. The van der Waals surface area contributed by atoms with E-state index in [1.807, 2.05) is 54.2 Å². The monoisotopic (exact) mass is 576 g/mol. The highest BCUT2D eigenvalue weighted by Gasteiger charge is 2.37. The van der Waals surface area contributed by atoms with Crippen LogP contribution in [-0.2, 0) is 4.79 Å². The number of nitrogens with zero attached hydrogens (tertiary/aromatic N) is 2. The van der Waals surface area contributed by atoms with Crippen LogP contribution in [0.25, 0.3) is 10.9 Å². The Morgan fingerprint density at radius 3 is 2.61 bits per heavy atom. The molecule has 204 valence electrons. The number of pyridine rings is 1. The second kappa shape index (κ2) is 13.4. The van der Waals surface area contributed by atoms with Gasteiger partial charge >= 0.3 is 5.97 Å². The van der Waals surface area contributed by atoms with Gasteiger partial charge in [-0.05, 0) is 105 Å². The van der Waals surface area contributed by atoms with Crippen LogP contribution in [0.4, 0.5) is 0 Å². The average molecular weight is 578 g/mol. The van der Waals surface area contributed by atoms with Crippen LogP contribution >= 0.6 is 35.0 Å². The molecule has 1 fully saturated rings. The molecule has 3 aromatic rings. The van der Waals surface area contributed by atoms with E-state index in [2.05, 4.69) is 9.88 Å². The van der Waals surface area contributed by atoms with Gasteiger partial charge in [0.1, 0.15) is 5.75 Å². The summed E-state index contributed by atoms with van der Waals surface area (Å²) in [6.07, 6.45) is 4.56. The number of aliphatic carboxylic acids is 1. The van der Waals surface area contributed by atoms with Gasteiger partial charge in [0.25, 0.3) is 0 Å². The maximum atomic E-state index is 11.8. The van der Waals surface area contributed by atoms with E-state index in [-0.39, 0.29) is 11.8 Å². The van der Waals surface area contributed by atoms with E-state index in [1.165, 1.54) is 4.90 Å². The van der Waals surface area contributed by atoms with Crippen molar-refractivity contribution in [3.05, 3.63) is 64.3 Å². The molecule has 0 aliphatic carbocycles. The highest BCUT2D eigenvalue weighted by molar-refractivity contribution is 7.99. The summed E-state index contributed by atoms with van der Waals surface area (Å²) < 4.78 is 5.36. The molecule has 1 atom stereocenters. The molecule has 1 aliphatic rings. The summed E-state index contributed by atoms with van der Waals surface area (Å²) in [4.78, 5) is 19.8. The molecule has 2 N–H and O–H groups in total. The standard InChI is InChI=1S/C29H34Cl2N2O4S/c1-37-21-5-8-25-23(17-21)28(24(31)19-32-25)26(34)9-10-29(18-27(35)36)11-14-33(15-12-29)13-2-16-38-22-6-3-20(30)4-7-22/h3-8,17,19,26,34H,2,9-16,18H2,1H3,(H,35,36)/t26-/m1/s1. The zero-order chi connectivity index (χ0) is 27.1. The number of hydrogen-bond donors (Lipinski definition) is 2. The molecular formula is C29H34Cl2N2O4S. The van der Waals surface area contributed by atoms with Gasteiger partial charge in [0.15, 0.2) is 0 Å². The molecule has 0 unspecified atom stereocenters. The summed E-state index contributed by atoms with van der Waals surface area (Å²) in [6, 6.07) is 13.4. The molecule has 1 saturated heterocycles. The molecular weight excluding hydrogens is 543 g/mol. The van der Waals surface area contributed by atoms with E-state index in [9.17, 15) is 15.0 Å². The number of carbonyl (C=O) groups is 1. The lowest BCUT2D eigenvalue weighted by molar-refractivity contribution is -0.141. The number of likely N-dealkylation sites (tertiary alicyclic amines) is 1. The number of carboxylic acid groups (broad SMARTS) is 1. The number of carboxylic acids is 1. The van der Waals surface area contributed by atoms with Crippen molar-refractivity contribution in [2.24, 2.45) is 5.41 Å². The van der Waals surface area contributed by atoms with E-state index in [0.717, 1.165) is 60.6 Å². The predicted octanol–water partition coefficient (Wildman–Crippen LogP) is 7.10. The Morgan fingerprint density at radius 1 is 1.18 bits per heavy atom. The van der Waals surface area contributed by atoms with Crippen LogP contribution in [0.5, 0.6) is 5.75 Å². The summed E-state index contributed by atoms with van der Waals surface area (Å²) >= 11 is 14.3. The largest absolute Gasteiger partial charge is 0.497 e. The van der Waals surface area contributed by atoms with Crippen molar-refractivity contribution >= 4 is 51.8 Å². The second-order valence-electron chi connectivity index (χ2n) is 10.0. The average Bonchev–Trinajstić information content (AvgIpc) is 2.91. The van der Waals surface area contributed by atoms with Gasteiger partial charge in [-0.3, -0.25) is 9.78 Å². The van der Waals surface area contributed by atoms with Crippen molar-refractivity contribution in [3.8, 4) is 5.75 Å². The van der Waals surface area contributed by atoms with Crippen molar-refractivity contribution in [3.63, 3.8) is 0 Å². The number of thioether (sulfide) groups is 1. The van der Waals surface area contributed by atoms with Crippen LogP contribution in [0, 0.1) is 5.41 Å². The Kier molecular flexibility index (Phi) is 10.2. The first-order valence-corrected chi connectivity index (χ1v) is 14.7. The SMILES string of the molecule is COc1ccc2ncc(Cl)c([C@H](O)CCC3(CC(=O)O)CCN(CCCSc4ccc(Cl)cc4)CC3)c2c1. The van der Waals surface area contributed by atoms with Crippen molar-refractivity contribution in [2.75, 3.05) is 32.5 Å². The second-order valence-corrected chi connectivity index (χ2v) is 12.0. The highest BCUT2D eigenvalue weighted by atomic mass is 35.5. The minimum absolute atomic E-state index is 0.110. The third-order valence-electron chi connectivity index (χ3n) is 7.49. The van der Waals surface area contributed by atoms with E-state index in [1.54, 1.807) is 13.3 Å². The van der Waals surface area contributed by atoms with Gasteiger partial charge in [-0.25, -0.2) is 0 Å². The molecule has 4 rings (SSSR count). The molecule has 0 amide bonds. The third-order valence-corrected chi connectivity index (χ3v) is 9.14. The minimum Gasteiger partial charge on any atom is -0.497 e. The summed E-state index contributed by atoms with van der Waals surface area (Å²) in [6.45, 7) is 2.73. The summed E-state index contributed by atoms with van der Waals surface area (Å²) in [5.74, 6) is 0.900. The lowest BCUT2D eigenvalue weighted by Crippen LogP contribution is -2.41. The number of halogens is 2. The van der Waals surface area contributed by atoms with Crippen molar-refractivity contribution in [2.45, 2.75) is 49.5 Å². The first-order chi connectivity index (χ1) is 18.3. The van der Waals surface area contributed by atoms with Gasteiger partial charge < -0.3 is 19.8 Å². The van der Waals surface area contributed by atoms with Crippen LogP contribution < -0.4 is 4.74 Å². The van der Waals surface area contributed by atoms with E-state index < -0.39 is 12.1 Å². The van der Waals surface area contributed by atoms with E-state index in [4.69, 9.17) is 27.9 Å². The Hall–Kier alpha value is -2.03. The van der Waals surface area contributed by atoms with Gasteiger partial charge in [-0.2, -0.15) is 0 Å². The van der Waals surface area contributed by atoms with E-state index in [0.29, 0.717) is 29.2 Å². The molecule has 0 bridgehead atoms. The van der Waals surface area contributed by atoms with Crippen molar-refractivity contribution in [1.29, 1.82) is 0 Å². The van der Waals surface area contributed by atoms with Gasteiger partial charge in [0.2, 0.25) is 0 Å². The number of rotatable bonds is 12. The normalized spacial score (nSPS) is 16.4. The van der Waals surface area contributed by atoms with Gasteiger partial charge in [-0.1, -0.05) is 23.2 Å². The Balaban J connectivity index is 1.34. The number of ether oxygens (including phenoxy) is 1. The first-order valence-electron chi connectivity index (χ1n) is 12.9. The van der Waals surface area contributed by atoms with Crippen LogP contribution in [0.3, 0.4) is 0 Å². The smallest absolute Gasteiger partial charge is 0.303 e. The highest BCUT2D eigenvalue weighted by Crippen LogP contribution is 2.43. The Labute approximate surface area is 238 Å². The zero-order valence-electron chi connectivity index (χ0n) is 21.5. The molecule has 1 aromatic heterocycles. The minimum atomic E-state index is -0.825. The van der Waals surface area contributed by atoms with Gasteiger partial charge in [0.05, 0.1) is 30.2 Å². The van der Waals surface area contributed by atoms with Crippen LogP contribution in [0.15, 0.2) is 53.6 Å². The predicted molar refractivity (Wildman–Crippen MR) is 155 cm³/mol. The van der Waals surface area contributed by atoms with E-state index >= 15 is 0 Å². The summed E-state index contributed by atoms with van der Waals surface area (Å²) in [7, 11) is 1.59. The van der Waals surface area contributed by atoms with Crippen LogP contribution in [0.1, 0.15) is 50.2 Å². The molecule has 0 saturated carbocycles. The number of hydrogen-bond acceptors (Lipinski definition) is 6. The number of fused-ring (bicyclic) bond motifs is 1. The number of aliphatic hydroxyl groups excluding tert-OH is 1. The molecule has 0 radical (unpaired) electrons. The molecule has 38 heavy (non-hydrogen) atoms. The quantitative estimate of drug-likeness (QED) is 0.175. The molecule has 9 heteroatoms. The maximum absolute atomic E-state index is 11.8. The third kappa shape index (κ3) is 7.54. The summed E-state index contributed by atoms with van der Waals surface area (Å²) in [5.41, 5.74) is 1.01. The van der Waals surface area contributed by atoms with Crippen LogP contribution in [-0.4, -0.2) is 58.6 Å². The van der Waals surface area contributed by atoms with Gasteiger partial charge in [-0.15, -0.1) is 11.8 Å². The molecule has 2 heterocycles. The van der Waals surface area contributed by atoms with Crippen LogP contribution in [0.2, 0.25) is 10.0 Å². The lowest BCUT2D eigenvalue weighted by Gasteiger charge is -2.41. The topological polar surface area (TPSA) is 82.9 Å². The molecule has 2 aromatic carbocycles. The Bertz CT molecular complexity index is 1230. The number of benzene rings is 2. The fraction of sp³-hybridized carbons (Fsp3) is 0.448. The Morgan fingerprint density at radius 2 is 1.92 bits per heavy atom. The van der Waals surface area contributed by atoms with Crippen molar-refractivity contribution in [1.82, 2.24) is 9.88 Å². The first kappa shape index (κ1) is 29.0. The lowest BCUT2D eigenvalue weighted by atomic mass is 9.71. The molecule has 0 spiro atoms. The maximum Gasteiger partial charge on any atom is 0.303 e.